The van der Waals surface area contributed by atoms with Crippen LogP contribution in [0.3, 0.4) is 0 Å². The van der Waals surface area contributed by atoms with Crippen LogP contribution in [0.1, 0.15) is 35.0 Å². The molecule has 0 spiro atoms. The van der Waals surface area contributed by atoms with Crippen molar-refractivity contribution in [2.45, 2.75) is 47.3 Å². The molecule has 0 amide bonds. The van der Waals surface area contributed by atoms with Gasteiger partial charge >= 0.3 is 0 Å². The van der Waals surface area contributed by atoms with Crippen LogP contribution < -0.4 is 10.6 Å². The lowest BCUT2D eigenvalue weighted by molar-refractivity contribution is 0.182. The molecule has 0 aliphatic rings. The predicted octanol–water partition coefficient (Wildman–Crippen LogP) is 2.71. The van der Waals surface area contributed by atoms with Crippen molar-refractivity contribution in [3.05, 3.63) is 52.3 Å². The number of hydrogen-bond acceptors (Lipinski definition) is 3. The fraction of sp³-hybridized carbons (Fsp3) is 0.500. The number of aromatic nitrogens is 2. The zero-order chi connectivity index (χ0) is 18.9. The Hall–Kier alpha value is -2.34. The van der Waals surface area contributed by atoms with Crippen LogP contribution in [0.2, 0.25) is 0 Å². The van der Waals surface area contributed by atoms with Gasteiger partial charge in [0.15, 0.2) is 5.96 Å². The maximum absolute atomic E-state index is 5.16. The van der Waals surface area contributed by atoms with E-state index in [1.807, 2.05) is 11.6 Å². The third-order valence-corrected chi connectivity index (χ3v) is 4.32. The van der Waals surface area contributed by atoms with Crippen molar-refractivity contribution in [2.24, 2.45) is 4.99 Å². The molecule has 1 aromatic heterocycles. The molecule has 6 heteroatoms. The average Bonchev–Trinajstić information content (AvgIpc) is 2.89. The molecule has 0 saturated heterocycles. The Morgan fingerprint density at radius 2 is 2.04 bits per heavy atom. The normalized spacial score (nSPS) is 11.7. The number of rotatable bonds is 8. The highest BCUT2D eigenvalue weighted by atomic mass is 16.5. The largest absolute Gasteiger partial charge is 0.383 e. The zero-order valence-electron chi connectivity index (χ0n) is 16.6. The molecule has 0 unspecified atom stereocenters. The fourth-order valence-corrected chi connectivity index (χ4v) is 2.88. The number of hydrogen-bond donors (Lipinski definition) is 2. The van der Waals surface area contributed by atoms with Gasteiger partial charge in [-0.25, -0.2) is 4.99 Å². The molecule has 1 aromatic carbocycles. The van der Waals surface area contributed by atoms with E-state index in [1.165, 1.54) is 22.4 Å². The molecule has 0 saturated carbocycles. The summed E-state index contributed by atoms with van der Waals surface area (Å²) >= 11 is 0. The molecular formula is C20H31N5O. The summed E-state index contributed by atoms with van der Waals surface area (Å²) in [7, 11) is 1.71. The monoisotopic (exact) mass is 357 g/mol. The van der Waals surface area contributed by atoms with Crippen molar-refractivity contribution in [1.82, 2.24) is 20.4 Å². The van der Waals surface area contributed by atoms with Crippen molar-refractivity contribution in [3.8, 4) is 0 Å². The summed E-state index contributed by atoms with van der Waals surface area (Å²) in [5.41, 5.74) is 5.89. The minimum Gasteiger partial charge on any atom is -0.383 e. The minimum atomic E-state index is 0.655. The first-order valence-electron chi connectivity index (χ1n) is 9.14. The molecule has 0 fully saturated rings. The number of guanidine groups is 1. The van der Waals surface area contributed by atoms with Gasteiger partial charge in [0, 0.05) is 31.5 Å². The topological polar surface area (TPSA) is 63.5 Å². The molecule has 2 rings (SSSR count). The van der Waals surface area contributed by atoms with E-state index >= 15 is 0 Å². The molecule has 1 heterocycles. The lowest BCUT2D eigenvalue weighted by atomic mass is 10.1. The molecule has 2 aromatic rings. The molecule has 142 valence electrons. The van der Waals surface area contributed by atoms with Crippen LogP contribution in [0.15, 0.2) is 29.3 Å². The van der Waals surface area contributed by atoms with Gasteiger partial charge in [0.1, 0.15) is 0 Å². The molecule has 6 nitrogen and oxygen atoms in total. The fourth-order valence-electron chi connectivity index (χ4n) is 2.88. The standard InChI is InChI=1S/C20H31N5O/c1-6-21-20(22-13-18-9-7-8-15(2)12-18)23-14-19-16(3)24-25(17(19)4)10-11-26-5/h7-9,12H,6,10-11,13-14H2,1-5H3,(H2,21,22,23). The predicted molar refractivity (Wildman–Crippen MR) is 106 cm³/mol. The van der Waals surface area contributed by atoms with Gasteiger partial charge in [-0.1, -0.05) is 29.8 Å². The molecule has 2 N–H and O–H groups in total. The number of nitrogens with one attached hydrogen (secondary N) is 2. The maximum atomic E-state index is 5.16. The lowest BCUT2D eigenvalue weighted by Crippen LogP contribution is -2.37. The van der Waals surface area contributed by atoms with E-state index in [9.17, 15) is 0 Å². The lowest BCUT2D eigenvalue weighted by Gasteiger charge is -2.12. The highest BCUT2D eigenvalue weighted by Crippen LogP contribution is 2.12. The summed E-state index contributed by atoms with van der Waals surface area (Å²) in [5, 5.41) is 11.3. The van der Waals surface area contributed by atoms with Gasteiger partial charge < -0.3 is 15.4 Å². The number of benzene rings is 1. The van der Waals surface area contributed by atoms with Crippen LogP contribution in [-0.4, -0.2) is 36.0 Å². The van der Waals surface area contributed by atoms with Crippen LogP contribution in [0.5, 0.6) is 0 Å². The van der Waals surface area contributed by atoms with Crippen molar-refractivity contribution >= 4 is 5.96 Å². The van der Waals surface area contributed by atoms with Crippen molar-refractivity contribution in [3.63, 3.8) is 0 Å². The Morgan fingerprint density at radius 3 is 2.73 bits per heavy atom. The molecule has 0 radical (unpaired) electrons. The number of aryl methyl sites for hydroxylation is 2. The Kier molecular flexibility index (Phi) is 7.66. The second-order valence-electron chi connectivity index (χ2n) is 6.40. The van der Waals surface area contributed by atoms with Crippen LogP contribution in [0, 0.1) is 20.8 Å². The van der Waals surface area contributed by atoms with Crippen LogP contribution in [0.25, 0.3) is 0 Å². The van der Waals surface area contributed by atoms with Crippen LogP contribution >= 0.6 is 0 Å². The van der Waals surface area contributed by atoms with Gasteiger partial charge in [-0.15, -0.1) is 0 Å². The summed E-state index contributed by atoms with van der Waals surface area (Å²) in [6.07, 6.45) is 0. The SMILES string of the molecule is CCNC(=NCc1cccc(C)c1)NCc1c(C)nn(CCOC)c1C. The average molecular weight is 358 g/mol. The van der Waals surface area contributed by atoms with E-state index in [2.05, 4.69) is 60.8 Å². The molecule has 0 atom stereocenters. The quantitative estimate of drug-likeness (QED) is 0.563. The molecule has 0 bridgehead atoms. The second-order valence-corrected chi connectivity index (χ2v) is 6.40. The summed E-state index contributed by atoms with van der Waals surface area (Å²) in [6, 6.07) is 8.44. The van der Waals surface area contributed by atoms with Gasteiger partial charge in [0.25, 0.3) is 0 Å². The summed E-state index contributed by atoms with van der Waals surface area (Å²) in [4.78, 5) is 4.70. The Labute approximate surface area is 156 Å². The zero-order valence-corrected chi connectivity index (χ0v) is 16.6. The highest BCUT2D eigenvalue weighted by Gasteiger charge is 2.11. The molecular weight excluding hydrogens is 326 g/mol. The van der Waals surface area contributed by atoms with Crippen molar-refractivity contribution in [1.29, 1.82) is 0 Å². The first kappa shape index (κ1) is 20.0. The smallest absolute Gasteiger partial charge is 0.191 e. The van der Waals surface area contributed by atoms with E-state index < -0.39 is 0 Å². The van der Waals surface area contributed by atoms with Crippen LogP contribution in [-0.2, 0) is 24.4 Å². The van der Waals surface area contributed by atoms with E-state index in [1.54, 1.807) is 7.11 Å². The Balaban J connectivity index is 2.04. The van der Waals surface area contributed by atoms with Gasteiger partial charge in [0.05, 0.1) is 25.4 Å². The van der Waals surface area contributed by atoms with Gasteiger partial charge in [0.2, 0.25) is 0 Å². The number of ether oxygens (including phenoxy) is 1. The van der Waals surface area contributed by atoms with Gasteiger partial charge in [-0.2, -0.15) is 5.10 Å². The number of aliphatic imine (C=N–C) groups is 1. The summed E-state index contributed by atoms with van der Waals surface area (Å²) < 4.78 is 7.16. The van der Waals surface area contributed by atoms with Crippen LogP contribution in [0.4, 0.5) is 0 Å². The van der Waals surface area contributed by atoms with E-state index in [0.29, 0.717) is 19.7 Å². The first-order valence-corrected chi connectivity index (χ1v) is 9.14. The van der Waals surface area contributed by atoms with Crippen molar-refractivity contribution < 1.29 is 4.74 Å². The van der Waals surface area contributed by atoms with E-state index in [0.717, 1.165) is 24.7 Å². The van der Waals surface area contributed by atoms with Gasteiger partial charge in [-0.05, 0) is 33.3 Å². The minimum absolute atomic E-state index is 0.655. The third-order valence-electron chi connectivity index (χ3n) is 4.32. The molecule has 0 aliphatic heterocycles. The Morgan fingerprint density at radius 1 is 1.23 bits per heavy atom. The van der Waals surface area contributed by atoms with Gasteiger partial charge in [-0.3, -0.25) is 4.68 Å². The second kappa shape index (κ2) is 9.97. The van der Waals surface area contributed by atoms with Crippen molar-refractivity contribution in [2.75, 3.05) is 20.3 Å². The van der Waals surface area contributed by atoms with E-state index in [4.69, 9.17) is 9.73 Å². The Bertz CT molecular complexity index is 736. The maximum Gasteiger partial charge on any atom is 0.191 e. The number of nitrogens with zero attached hydrogens (tertiary/aromatic N) is 3. The summed E-state index contributed by atoms with van der Waals surface area (Å²) in [5.74, 6) is 0.817. The first-order chi connectivity index (χ1) is 12.5. The molecule has 0 aliphatic carbocycles. The summed E-state index contributed by atoms with van der Waals surface area (Å²) in [6.45, 7) is 11.9. The number of methoxy groups -OCH3 is 1. The molecule has 26 heavy (non-hydrogen) atoms. The van der Waals surface area contributed by atoms with E-state index in [-0.39, 0.29) is 0 Å². The highest BCUT2D eigenvalue weighted by molar-refractivity contribution is 5.79. The third kappa shape index (κ3) is 5.59.